The summed E-state index contributed by atoms with van der Waals surface area (Å²) in [5.41, 5.74) is 2.26. The summed E-state index contributed by atoms with van der Waals surface area (Å²) in [7, 11) is 1.74. The largest absolute Gasteiger partial charge is 0.478 e. The molecule has 0 amide bonds. The van der Waals surface area contributed by atoms with Crippen molar-refractivity contribution in [2.24, 2.45) is 0 Å². The second-order valence-electron chi connectivity index (χ2n) is 4.64. The van der Waals surface area contributed by atoms with Crippen LogP contribution >= 0.6 is 15.9 Å². The quantitative estimate of drug-likeness (QED) is 0.873. The molecule has 2 rings (SSSR count). The van der Waals surface area contributed by atoms with Crippen molar-refractivity contribution in [2.45, 2.75) is 13.3 Å². The summed E-state index contributed by atoms with van der Waals surface area (Å²) in [6, 6.07) is 10.7. The van der Waals surface area contributed by atoms with Gasteiger partial charge in [-0.1, -0.05) is 19.1 Å². The average molecular weight is 352 g/mol. The smallest absolute Gasteiger partial charge is 0.336 e. The average Bonchev–Trinajstić information content (AvgIpc) is 2.49. The molecule has 21 heavy (non-hydrogen) atoms. The maximum Gasteiger partial charge on any atom is 0.336 e. The Hall–Kier alpha value is -1.88. The van der Waals surface area contributed by atoms with E-state index in [9.17, 15) is 9.18 Å². The molecule has 0 atom stereocenters. The fourth-order valence-electron chi connectivity index (χ4n) is 2.06. The van der Waals surface area contributed by atoms with Gasteiger partial charge in [-0.3, -0.25) is 0 Å². The molecule has 5 heteroatoms. The first-order chi connectivity index (χ1) is 9.95. The van der Waals surface area contributed by atoms with Crippen molar-refractivity contribution in [3.05, 3.63) is 57.8 Å². The Bertz CT molecular complexity index is 671. The number of hydrogen-bond acceptors (Lipinski definition) is 2. The number of anilines is 2. The number of carbonyl (C=O) groups is 1. The van der Waals surface area contributed by atoms with Crippen LogP contribution in [0.3, 0.4) is 0 Å². The van der Waals surface area contributed by atoms with Gasteiger partial charge in [0.2, 0.25) is 0 Å². The van der Waals surface area contributed by atoms with E-state index in [1.165, 1.54) is 17.7 Å². The molecule has 0 bridgehead atoms. The monoisotopic (exact) mass is 351 g/mol. The van der Waals surface area contributed by atoms with Crippen LogP contribution in [-0.2, 0) is 6.42 Å². The van der Waals surface area contributed by atoms with Crippen LogP contribution in [0.25, 0.3) is 0 Å². The fourth-order valence-corrected chi connectivity index (χ4v) is 2.56. The number of hydrogen-bond donors (Lipinski definition) is 1. The van der Waals surface area contributed by atoms with Crippen molar-refractivity contribution in [3.8, 4) is 0 Å². The van der Waals surface area contributed by atoms with E-state index in [0.717, 1.165) is 12.1 Å². The third kappa shape index (κ3) is 3.08. The summed E-state index contributed by atoms with van der Waals surface area (Å²) in [5, 5.41) is 8.98. The summed E-state index contributed by atoms with van der Waals surface area (Å²) in [4.78, 5) is 12.7. The third-order valence-electron chi connectivity index (χ3n) is 3.39. The summed E-state index contributed by atoms with van der Waals surface area (Å²) in [6.45, 7) is 2.07. The van der Waals surface area contributed by atoms with Crippen molar-refractivity contribution in [3.63, 3.8) is 0 Å². The molecular weight excluding hydrogens is 337 g/mol. The number of benzene rings is 2. The molecule has 0 fully saturated rings. The number of rotatable bonds is 4. The van der Waals surface area contributed by atoms with E-state index in [1.807, 2.05) is 24.3 Å². The highest BCUT2D eigenvalue weighted by Crippen LogP contribution is 2.32. The van der Waals surface area contributed by atoms with Crippen LogP contribution in [0.2, 0.25) is 0 Å². The summed E-state index contributed by atoms with van der Waals surface area (Å²) in [5.74, 6) is -1.75. The van der Waals surface area contributed by atoms with Gasteiger partial charge in [0, 0.05) is 12.7 Å². The third-order valence-corrected chi connectivity index (χ3v) is 4.16. The molecule has 0 aromatic heterocycles. The van der Waals surface area contributed by atoms with Gasteiger partial charge in [-0.05, 0) is 52.2 Å². The molecular formula is C16H15BrFNO2. The number of halogens is 2. The minimum atomic E-state index is -1.16. The lowest BCUT2D eigenvalue weighted by molar-refractivity contribution is 0.0695. The maximum atomic E-state index is 14.4. The molecule has 0 aliphatic heterocycles. The molecule has 0 spiro atoms. The Labute approximate surface area is 131 Å². The zero-order chi connectivity index (χ0) is 15.6. The van der Waals surface area contributed by atoms with Crippen molar-refractivity contribution < 1.29 is 14.3 Å². The number of carboxylic acid groups (broad SMARTS) is 1. The summed E-state index contributed by atoms with van der Waals surface area (Å²) in [6.07, 6.45) is 0.942. The maximum absolute atomic E-state index is 14.4. The van der Waals surface area contributed by atoms with Gasteiger partial charge in [-0.15, -0.1) is 0 Å². The van der Waals surface area contributed by atoms with Crippen LogP contribution in [-0.4, -0.2) is 18.1 Å². The molecule has 3 nitrogen and oxygen atoms in total. The van der Waals surface area contributed by atoms with Gasteiger partial charge in [0.25, 0.3) is 0 Å². The number of nitrogens with zero attached hydrogens (tertiary/aromatic N) is 1. The summed E-state index contributed by atoms with van der Waals surface area (Å²) >= 11 is 3.01. The Morgan fingerprint density at radius 2 is 1.86 bits per heavy atom. The highest BCUT2D eigenvalue weighted by Gasteiger charge is 2.18. The molecule has 2 aromatic carbocycles. The van der Waals surface area contributed by atoms with Gasteiger partial charge in [0.05, 0.1) is 15.7 Å². The predicted octanol–water partition coefficient (Wildman–Crippen LogP) is 4.62. The van der Waals surface area contributed by atoms with E-state index in [-0.39, 0.29) is 10.0 Å². The Morgan fingerprint density at radius 1 is 1.24 bits per heavy atom. The number of carboxylic acids is 1. The van der Waals surface area contributed by atoms with Gasteiger partial charge < -0.3 is 10.0 Å². The number of aromatic carboxylic acids is 1. The first kappa shape index (κ1) is 15.5. The topological polar surface area (TPSA) is 40.5 Å². The van der Waals surface area contributed by atoms with Crippen LogP contribution in [0.4, 0.5) is 15.8 Å². The normalized spacial score (nSPS) is 10.5. The Kier molecular flexibility index (Phi) is 4.63. The van der Waals surface area contributed by atoms with Crippen molar-refractivity contribution in [1.82, 2.24) is 0 Å². The standard InChI is InChI=1S/C16H15BrFNO2/c1-3-10-4-6-11(7-5-10)19(2)13-9-8-12(16(20)21)14(17)15(13)18/h4-9H,3H2,1-2H3,(H,20,21). The van der Waals surface area contributed by atoms with Gasteiger partial charge in [0.15, 0.2) is 5.82 Å². The second kappa shape index (κ2) is 6.26. The molecule has 0 heterocycles. The van der Waals surface area contributed by atoms with Gasteiger partial charge in [0.1, 0.15) is 0 Å². The Morgan fingerprint density at radius 3 is 2.38 bits per heavy atom. The molecule has 0 unspecified atom stereocenters. The molecule has 0 aliphatic rings. The fraction of sp³-hybridized carbons (Fsp3) is 0.188. The highest BCUT2D eigenvalue weighted by molar-refractivity contribution is 9.10. The van der Waals surface area contributed by atoms with Crippen molar-refractivity contribution in [2.75, 3.05) is 11.9 Å². The molecule has 0 radical (unpaired) electrons. The molecule has 0 aliphatic carbocycles. The van der Waals surface area contributed by atoms with Crippen LogP contribution in [0.15, 0.2) is 40.9 Å². The van der Waals surface area contributed by atoms with E-state index in [2.05, 4.69) is 22.9 Å². The van der Waals surface area contributed by atoms with E-state index in [4.69, 9.17) is 5.11 Å². The van der Waals surface area contributed by atoms with Gasteiger partial charge in [-0.25, -0.2) is 9.18 Å². The molecule has 0 saturated carbocycles. The van der Waals surface area contributed by atoms with E-state index in [0.29, 0.717) is 5.69 Å². The number of aryl methyl sites for hydroxylation is 1. The molecule has 2 aromatic rings. The first-order valence-corrected chi connectivity index (χ1v) is 7.29. The van der Waals surface area contributed by atoms with Crippen molar-refractivity contribution in [1.29, 1.82) is 0 Å². The zero-order valence-electron chi connectivity index (χ0n) is 11.7. The molecule has 0 saturated heterocycles. The highest BCUT2D eigenvalue weighted by atomic mass is 79.9. The lowest BCUT2D eigenvalue weighted by Gasteiger charge is -2.21. The Balaban J connectivity index is 2.41. The van der Waals surface area contributed by atoms with Crippen molar-refractivity contribution >= 4 is 33.3 Å². The minimum absolute atomic E-state index is 0.0375. The van der Waals surface area contributed by atoms with Crippen LogP contribution in [0, 0.1) is 5.82 Å². The second-order valence-corrected chi connectivity index (χ2v) is 5.44. The van der Waals surface area contributed by atoms with Crippen LogP contribution < -0.4 is 4.90 Å². The van der Waals surface area contributed by atoms with Gasteiger partial charge >= 0.3 is 5.97 Å². The molecule has 1 N–H and O–H groups in total. The molecule has 110 valence electrons. The van der Waals surface area contributed by atoms with Crippen LogP contribution in [0.5, 0.6) is 0 Å². The van der Waals surface area contributed by atoms with E-state index >= 15 is 0 Å². The zero-order valence-corrected chi connectivity index (χ0v) is 13.3. The SMILES string of the molecule is CCc1ccc(N(C)c2ccc(C(=O)O)c(Br)c2F)cc1. The first-order valence-electron chi connectivity index (χ1n) is 6.49. The van der Waals surface area contributed by atoms with Gasteiger partial charge in [-0.2, -0.15) is 0 Å². The van der Waals surface area contributed by atoms with E-state index < -0.39 is 11.8 Å². The lowest BCUT2D eigenvalue weighted by Crippen LogP contribution is -2.12. The predicted molar refractivity (Wildman–Crippen MR) is 84.9 cm³/mol. The minimum Gasteiger partial charge on any atom is -0.478 e. The lowest BCUT2D eigenvalue weighted by atomic mass is 10.1. The van der Waals surface area contributed by atoms with Crippen LogP contribution in [0.1, 0.15) is 22.8 Å². The van der Waals surface area contributed by atoms with E-state index in [1.54, 1.807) is 11.9 Å². The summed E-state index contributed by atoms with van der Waals surface area (Å²) < 4.78 is 14.3.